The van der Waals surface area contributed by atoms with E-state index in [2.05, 4.69) is 35.2 Å². The summed E-state index contributed by atoms with van der Waals surface area (Å²) in [4.78, 5) is 6.98. The predicted octanol–water partition coefficient (Wildman–Crippen LogP) is 6.09. The number of rotatable bonds is 18. The van der Waals surface area contributed by atoms with E-state index < -0.39 is 0 Å². The Morgan fingerprint density at radius 1 is 0.885 bits per heavy atom. The summed E-state index contributed by atoms with van der Waals surface area (Å²) in [6, 6.07) is 0. The molecule has 1 heterocycles. The highest BCUT2D eigenvalue weighted by molar-refractivity contribution is 5.62. The summed E-state index contributed by atoms with van der Waals surface area (Å²) in [6.07, 6.45) is 27.7. The molecule has 0 aromatic carbocycles. The standard InChI is InChI=1S/C23H45N3/c1-2-3-4-5-6-7-8-9-10-11-12-13-14-15-16-17-18-23-25-20-22-26(23)21-19-24/h9-10,20,23H,2-8,11-19,21-22,24H2,1H3/b10-9+. The van der Waals surface area contributed by atoms with Gasteiger partial charge in [-0.15, -0.1) is 0 Å². The van der Waals surface area contributed by atoms with E-state index >= 15 is 0 Å². The molecule has 1 aliphatic rings. The van der Waals surface area contributed by atoms with Gasteiger partial charge in [-0.05, 0) is 38.5 Å². The molecule has 0 bridgehead atoms. The second-order valence-electron chi connectivity index (χ2n) is 7.82. The Labute approximate surface area is 163 Å². The lowest BCUT2D eigenvalue weighted by Crippen LogP contribution is -2.34. The van der Waals surface area contributed by atoms with E-state index in [-0.39, 0.29) is 0 Å². The van der Waals surface area contributed by atoms with Crippen LogP contribution in [0.15, 0.2) is 17.1 Å². The molecule has 0 spiro atoms. The first-order chi connectivity index (χ1) is 12.9. The van der Waals surface area contributed by atoms with Crippen molar-refractivity contribution in [3.63, 3.8) is 0 Å². The maximum Gasteiger partial charge on any atom is 0.102 e. The topological polar surface area (TPSA) is 41.6 Å². The van der Waals surface area contributed by atoms with E-state index in [0.717, 1.165) is 19.6 Å². The number of hydrogen-bond acceptors (Lipinski definition) is 3. The van der Waals surface area contributed by atoms with Crippen molar-refractivity contribution in [2.24, 2.45) is 10.7 Å². The van der Waals surface area contributed by atoms with Gasteiger partial charge in [0.05, 0.1) is 0 Å². The number of allylic oxidation sites excluding steroid dienone is 2. The maximum atomic E-state index is 5.66. The molecule has 0 amide bonds. The molecule has 1 unspecified atom stereocenters. The molecular weight excluding hydrogens is 318 g/mol. The number of nitrogens with zero attached hydrogens (tertiary/aromatic N) is 2. The first-order valence-corrected chi connectivity index (χ1v) is 11.5. The molecule has 0 fully saturated rings. The fourth-order valence-electron chi connectivity index (χ4n) is 3.73. The van der Waals surface area contributed by atoms with Gasteiger partial charge in [-0.3, -0.25) is 9.89 Å². The third-order valence-corrected chi connectivity index (χ3v) is 5.41. The van der Waals surface area contributed by atoms with Gasteiger partial charge in [0.1, 0.15) is 6.17 Å². The van der Waals surface area contributed by atoms with Gasteiger partial charge in [0.25, 0.3) is 0 Å². The minimum atomic E-state index is 0.412. The lowest BCUT2D eigenvalue weighted by Gasteiger charge is -2.21. The Kier molecular flexibility index (Phi) is 15.9. The van der Waals surface area contributed by atoms with E-state index in [1.807, 2.05) is 0 Å². The van der Waals surface area contributed by atoms with Crippen molar-refractivity contribution >= 4 is 6.21 Å². The molecular formula is C23H45N3. The Hall–Kier alpha value is -0.670. The summed E-state index contributed by atoms with van der Waals surface area (Å²) >= 11 is 0. The average Bonchev–Trinajstić information content (AvgIpc) is 3.09. The minimum Gasteiger partial charge on any atom is -0.329 e. The second kappa shape index (κ2) is 17.7. The zero-order valence-corrected chi connectivity index (χ0v) is 17.5. The molecule has 0 saturated heterocycles. The SMILES string of the molecule is CCCCCCCC/C=C/CCCCCCCCC1N=CCN1CCN. The first kappa shape index (κ1) is 23.4. The van der Waals surface area contributed by atoms with Crippen LogP contribution in [0.2, 0.25) is 0 Å². The molecule has 26 heavy (non-hydrogen) atoms. The van der Waals surface area contributed by atoms with Gasteiger partial charge < -0.3 is 5.73 Å². The smallest absolute Gasteiger partial charge is 0.102 e. The Morgan fingerprint density at radius 2 is 1.46 bits per heavy atom. The third kappa shape index (κ3) is 12.6. The van der Waals surface area contributed by atoms with E-state index in [4.69, 9.17) is 5.73 Å². The summed E-state index contributed by atoms with van der Waals surface area (Å²) in [5, 5.41) is 0. The summed E-state index contributed by atoms with van der Waals surface area (Å²) in [5.74, 6) is 0. The summed E-state index contributed by atoms with van der Waals surface area (Å²) < 4.78 is 0. The minimum absolute atomic E-state index is 0.412. The monoisotopic (exact) mass is 363 g/mol. The predicted molar refractivity (Wildman–Crippen MR) is 117 cm³/mol. The molecule has 1 rings (SSSR count). The Morgan fingerprint density at radius 3 is 2.08 bits per heavy atom. The molecule has 152 valence electrons. The summed E-state index contributed by atoms with van der Waals surface area (Å²) in [6.45, 7) is 5.00. The van der Waals surface area contributed by atoms with E-state index in [9.17, 15) is 0 Å². The van der Waals surface area contributed by atoms with Gasteiger partial charge in [-0.2, -0.15) is 0 Å². The van der Waals surface area contributed by atoms with Crippen molar-refractivity contribution in [2.45, 2.75) is 109 Å². The largest absolute Gasteiger partial charge is 0.329 e. The van der Waals surface area contributed by atoms with Crippen LogP contribution in [0.3, 0.4) is 0 Å². The van der Waals surface area contributed by atoms with Crippen LogP contribution in [-0.2, 0) is 0 Å². The van der Waals surface area contributed by atoms with Gasteiger partial charge in [-0.1, -0.05) is 76.9 Å². The van der Waals surface area contributed by atoms with Crippen LogP contribution in [0.25, 0.3) is 0 Å². The lowest BCUT2D eigenvalue weighted by atomic mass is 10.1. The third-order valence-electron chi connectivity index (χ3n) is 5.41. The van der Waals surface area contributed by atoms with Crippen LogP contribution in [-0.4, -0.2) is 36.9 Å². The van der Waals surface area contributed by atoms with Crippen LogP contribution in [0, 0.1) is 0 Å². The van der Waals surface area contributed by atoms with Crippen molar-refractivity contribution in [3.05, 3.63) is 12.2 Å². The number of aliphatic imine (C=N–C) groups is 1. The average molecular weight is 364 g/mol. The van der Waals surface area contributed by atoms with Crippen LogP contribution in [0.1, 0.15) is 103 Å². The molecule has 1 aliphatic heterocycles. The van der Waals surface area contributed by atoms with Gasteiger partial charge in [0, 0.05) is 25.8 Å². The molecule has 0 saturated carbocycles. The van der Waals surface area contributed by atoms with Crippen molar-refractivity contribution in [1.29, 1.82) is 0 Å². The van der Waals surface area contributed by atoms with Crippen LogP contribution in [0.5, 0.6) is 0 Å². The molecule has 2 N–H and O–H groups in total. The fourth-order valence-corrected chi connectivity index (χ4v) is 3.73. The van der Waals surface area contributed by atoms with Crippen molar-refractivity contribution in [3.8, 4) is 0 Å². The van der Waals surface area contributed by atoms with E-state index in [0.29, 0.717) is 6.17 Å². The fraction of sp³-hybridized carbons (Fsp3) is 0.870. The zero-order chi connectivity index (χ0) is 18.7. The number of unbranched alkanes of at least 4 members (excludes halogenated alkanes) is 12. The Balaban J connectivity index is 1.79. The summed E-state index contributed by atoms with van der Waals surface area (Å²) in [5.41, 5.74) is 5.66. The summed E-state index contributed by atoms with van der Waals surface area (Å²) in [7, 11) is 0. The lowest BCUT2D eigenvalue weighted by molar-refractivity contribution is 0.241. The van der Waals surface area contributed by atoms with Gasteiger partial charge in [0.15, 0.2) is 0 Å². The quantitative estimate of drug-likeness (QED) is 0.237. The number of hydrogen-bond donors (Lipinski definition) is 1. The van der Waals surface area contributed by atoms with Crippen molar-refractivity contribution < 1.29 is 0 Å². The molecule has 0 aromatic heterocycles. The molecule has 3 heteroatoms. The Bertz CT molecular complexity index is 351. The molecule has 1 atom stereocenters. The molecule has 0 aromatic rings. The maximum absolute atomic E-state index is 5.66. The second-order valence-corrected chi connectivity index (χ2v) is 7.82. The molecule has 3 nitrogen and oxygen atoms in total. The van der Waals surface area contributed by atoms with Crippen LogP contribution in [0.4, 0.5) is 0 Å². The van der Waals surface area contributed by atoms with Gasteiger partial charge in [-0.25, -0.2) is 0 Å². The van der Waals surface area contributed by atoms with Crippen molar-refractivity contribution in [2.75, 3.05) is 19.6 Å². The highest BCUT2D eigenvalue weighted by atomic mass is 15.3. The normalized spacial score (nSPS) is 17.7. The van der Waals surface area contributed by atoms with Gasteiger partial charge >= 0.3 is 0 Å². The highest BCUT2D eigenvalue weighted by Gasteiger charge is 2.19. The van der Waals surface area contributed by atoms with Crippen molar-refractivity contribution in [1.82, 2.24) is 4.90 Å². The zero-order valence-electron chi connectivity index (χ0n) is 17.5. The highest BCUT2D eigenvalue weighted by Crippen LogP contribution is 2.16. The van der Waals surface area contributed by atoms with Crippen LogP contribution < -0.4 is 5.73 Å². The van der Waals surface area contributed by atoms with E-state index in [1.54, 1.807) is 0 Å². The van der Waals surface area contributed by atoms with E-state index in [1.165, 1.54) is 96.3 Å². The van der Waals surface area contributed by atoms with Crippen LogP contribution >= 0.6 is 0 Å². The molecule has 0 radical (unpaired) electrons. The van der Waals surface area contributed by atoms with Gasteiger partial charge in [0.2, 0.25) is 0 Å². The molecule has 0 aliphatic carbocycles. The number of nitrogens with two attached hydrogens (primary N) is 1. The first-order valence-electron chi connectivity index (χ1n) is 11.5.